The van der Waals surface area contributed by atoms with Gasteiger partial charge in [0, 0.05) is 6.42 Å². The van der Waals surface area contributed by atoms with Crippen molar-refractivity contribution in [2.24, 2.45) is 0 Å². The number of sulfone groups is 1. The molecule has 0 atom stereocenters. The molecule has 7 heteroatoms. The monoisotopic (exact) mass is 324 g/mol. The predicted octanol–water partition coefficient (Wildman–Crippen LogP) is 1.31. The second-order valence-electron chi connectivity index (χ2n) is 5.37. The van der Waals surface area contributed by atoms with Crippen LogP contribution in [0.4, 0.5) is 0 Å². The second kappa shape index (κ2) is 7.51. The van der Waals surface area contributed by atoms with Gasteiger partial charge in [-0.15, -0.1) is 5.10 Å². The molecule has 0 radical (unpaired) electrons. The van der Waals surface area contributed by atoms with Gasteiger partial charge in [-0.1, -0.05) is 34.9 Å². The Morgan fingerprint density at radius 3 is 2.50 bits per heavy atom. The third kappa shape index (κ3) is 4.64. The standard InChI is InChI=1S/C15H21N3O3S/c1-12-6-8-13(9-7-12)11-22(19,20)15-18-17-14(21-15)5-3-2-4-10-16/h6-9H,2-5,10-11,16H2,1H3/p+1. The van der Waals surface area contributed by atoms with E-state index < -0.39 is 9.84 Å². The number of benzene rings is 1. The van der Waals surface area contributed by atoms with Crippen molar-refractivity contribution in [1.82, 2.24) is 10.2 Å². The number of nitrogens with zero attached hydrogens (tertiary/aromatic N) is 2. The lowest BCUT2D eigenvalue weighted by Crippen LogP contribution is -2.50. The molecule has 0 amide bonds. The van der Waals surface area contributed by atoms with Gasteiger partial charge < -0.3 is 10.2 Å². The van der Waals surface area contributed by atoms with E-state index in [1.165, 1.54) is 0 Å². The smallest absolute Gasteiger partial charge is 0.335 e. The molecule has 0 aliphatic rings. The van der Waals surface area contributed by atoms with E-state index in [4.69, 9.17) is 4.42 Å². The summed E-state index contributed by atoms with van der Waals surface area (Å²) < 4.78 is 29.8. The number of rotatable bonds is 8. The van der Waals surface area contributed by atoms with Crippen LogP contribution in [0.15, 0.2) is 33.9 Å². The average Bonchev–Trinajstić information content (AvgIpc) is 2.96. The zero-order chi connectivity index (χ0) is 16.0. The number of aromatic nitrogens is 2. The van der Waals surface area contributed by atoms with Crippen molar-refractivity contribution in [2.75, 3.05) is 6.54 Å². The van der Waals surface area contributed by atoms with Crippen LogP contribution in [0.1, 0.15) is 36.3 Å². The van der Waals surface area contributed by atoms with Crippen molar-refractivity contribution in [1.29, 1.82) is 0 Å². The molecule has 0 unspecified atom stereocenters. The van der Waals surface area contributed by atoms with E-state index in [-0.39, 0.29) is 11.0 Å². The van der Waals surface area contributed by atoms with Crippen LogP contribution in [0.2, 0.25) is 0 Å². The summed E-state index contributed by atoms with van der Waals surface area (Å²) >= 11 is 0. The van der Waals surface area contributed by atoms with Gasteiger partial charge in [0.2, 0.25) is 15.7 Å². The first-order valence-electron chi connectivity index (χ1n) is 7.41. The van der Waals surface area contributed by atoms with E-state index >= 15 is 0 Å². The molecule has 0 aliphatic carbocycles. The molecule has 0 saturated heterocycles. The van der Waals surface area contributed by atoms with Crippen molar-refractivity contribution < 1.29 is 18.6 Å². The number of hydrogen-bond acceptors (Lipinski definition) is 5. The highest BCUT2D eigenvalue weighted by atomic mass is 32.2. The highest BCUT2D eigenvalue weighted by Crippen LogP contribution is 2.16. The third-order valence-corrected chi connectivity index (χ3v) is 4.74. The second-order valence-corrected chi connectivity index (χ2v) is 7.24. The zero-order valence-electron chi connectivity index (χ0n) is 12.8. The summed E-state index contributed by atoms with van der Waals surface area (Å²) in [5.74, 6) is 0.253. The Balaban J connectivity index is 2.00. The molecule has 2 aromatic rings. The summed E-state index contributed by atoms with van der Waals surface area (Å²) in [6.45, 7) is 2.86. The van der Waals surface area contributed by atoms with Crippen LogP contribution in [-0.4, -0.2) is 25.2 Å². The Morgan fingerprint density at radius 1 is 1.09 bits per heavy atom. The number of quaternary nitrogens is 1. The first-order chi connectivity index (χ1) is 10.5. The molecule has 1 aromatic heterocycles. The van der Waals surface area contributed by atoms with Gasteiger partial charge in [0.15, 0.2) is 0 Å². The zero-order valence-corrected chi connectivity index (χ0v) is 13.6. The van der Waals surface area contributed by atoms with Crippen LogP contribution in [0.25, 0.3) is 0 Å². The van der Waals surface area contributed by atoms with Gasteiger partial charge in [-0.25, -0.2) is 8.42 Å². The van der Waals surface area contributed by atoms with E-state index in [1.807, 2.05) is 19.1 Å². The molecule has 3 N–H and O–H groups in total. The fraction of sp³-hybridized carbons (Fsp3) is 0.467. The van der Waals surface area contributed by atoms with Gasteiger partial charge in [-0.2, -0.15) is 0 Å². The number of unbranched alkanes of at least 4 members (excludes halogenated alkanes) is 2. The van der Waals surface area contributed by atoms with Crippen molar-refractivity contribution in [2.45, 2.75) is 43.6 Å². The molecule has 22 heavy (non-hydrogen) atoms. The van der Waals surface area contributed by atoms with Crippen molar-refractivity contribution in [3.63, 3.8) is 0 Å². The Labute approximate surface area is 130 Å². The van der Waals surface area contributed by atoms with Gasteiger partial charge in [-0.3, -0.25) is 0 Å². The molecule has 1 aromatic carbocycles. The summed E-state index contributed by atoms with van der Waals surface area (Å²) in [6.07, 6.45) is 3.58. The molecule has 6 nitrogen and oxygen atoms in total. The quantitative estimate of drug-likeness (QED) is 0.738. The Hall–Kier alpha value is -1.73. The minimum atomic E-state index is -3.59. The molecule has 120 valence electrons. The highest BCUT2D eigenvalue weighted by Gasteiger charge is 2.22. The van der Waals surface area contributed by atoms with Crippen molar-refractivity contribution >= 4 is 9.84 Å². The molecule has 0 saturated carbocycles. The van der Waals surface area contributed by atoms with Crippen LogP contribution >= 0.6 is 0 Å². The van der Waals surface area contributed by atoms with Gasteiger partial charge in [0.25, 0.3) is 0 Å². The molecule has 0 fully saturated rings. The van der Waals surface area contributed by atoms with Crippen molar-refractivity contribution in [3.05, 3.63) is 41.3 Å². The largest absolute Gasteiger partial charge is 0.413 e. The third-order valence-electron chi connectivity index (χ3n) is 3.33. The summed E-state index contributed by atoms with van der Waals surface area (Å²) in [6, 6.07) is 7.35. The maximum absolute atomic E-state index is 12.3. The summed E-state index contributed by atoms with van der Waals surface area (Å²) in [7, 11) is -3.59. The Bertz CT molecular complexity index is 693. The summed E-state index contributed by atoms with van der Waals surface area (Å²) in [4.78, 5) is 0. The lowest BCUT2D eigenvalue weighted by Gasteiger charge is -2.01. The first-order valence-corrected chi connectivity index (χ1v) is 9.06. The maximum atomic E-state index is 12.3. The Kier molecular flexibility index (Phi) is 5.68. The minimum absolute atomic E-state index is 0.129. The lowest BCUT2D eigenvalue weighted by molar-refractivity contribution is -0.368. The van der Waals surface area contributed by atoms with Gasteiger partial charge in [-0.05, 0) is 31.7 Å². The van der Waals surface area contributed by atoms with E-state index in [0.29, 0.717) is 17.9 Å². The van der Waals surface area contributed by atoms with Crippen LogP contribution in [0, 0.1) is 6.92 Å². The normalized spacial score (nSPS) is 11.7. The highest BCUT2D eigenvalue weighted by molar-refractivity contribution is 7.90. The Morgan fingerprint density at radius 2 is 1.82 bits per heavy atom. The molecule has 2 rings (SSSR count). The maximum Gasteiger partial charge on any atom is 0.335 e. The number of hydrogen-bond donors (Lipinski definition) is 1. The topological polar surface area (TPSA) is 101 Å². The molecule has 0 spiro atoms. The SMILES string of the molecule is Cc1ccc(CS(=O)(=O)c2nnc(CCCCC[NH3+])o2)cc1. The van der Waals surface area contributed by atoms with Gasteiger partial charge >= 0.3 is 5.22 Å². The minimum Gasteiger partial charge on any atom is -0.413 e. The fourth-order valence-electron chi connectivity index (χ4n) is 2.06. The van der Waals surface area contributed by atoms with Crippen LogP contribution < -0.4 is 5.73 Å². The first kappa shape index (κ1) is 16.6. The molecule has 1 heterocycles. The van der Waals surface area contributed by atoms with E-state index in [1.54, 1.807) is 12.1 Å². The van der Waals surface area contributed by atoms with E-state index in [9.17, 15) is 8.42 Å². The fourth-order valence-corrected chi connectivity index (χ4v) is 3.20. The van der Waals surface area contributed by atoms with Crippen LogP contribution in [-0.2, 0) is 22.0 Å². The van der Waals surface area contributed by atoms with E-state index in [0.717, 1.165) is 31.4 Å². The molecular formula is C15H22N3O3S+. The van der Waals surface area contributed by atoms with Gasteiger partial charge in [0.05, 0.1) is 12.3 Å². The van der Waals surface area contributed by atoms with Crippen LogP contribution in [0.5, 0.6) is 0 Å². The lowest BCUT2D eigenvalue weighted by atomic mass is 10.2. The number of aryl methyl sites for hydroxylation is 2. The average molecular weight is 324 g/mol. The van der Waals surface area contributed by atoms with Gasteiger partial charge in [0.1, 0.15) is 0 Å². The summed E-state index contributed by atoms with van der Waals surface area (Å²) in [5.41, 5.74) is 5.58. The van der Waals surface area contributed by atoms with E-state index in [2.05, 4.69) is 15.9 Å². The van der Waals surface area contributed by atoms with Crippen molar-refractivity contribution in [3.8, 4) is 0 Å². The molecule has 0 aliphatic heterocycles. The predicted molar refractivity (Wildman–Crippen MR) is 81.7 cm³/mol. The van der Waals surface area contributed by atoms with Crippen LogP contribution in [0.3, 0.4) is 0 Å². The molecular weight excluding hydrogens is 302 g/mol. The summed E-state index contributed by atoms with van der Waals surface area (Å²) in [5, 5.41) is 7.22. The molecule has 0 bridgehead atoms.